The summed E-state index contributed by atoms with van der Waals surface area (Å²) in [5, 5.41) is 11.0. The maximum absolute atomic E-state index is 10.9. The molecule has 1 atom stereocenters. The first kappa shape index (κ1) is 15.2. The number of nitrogens with one attached hydrogen (secondary N) is 2. The number of hydrogen-bond acceptors (Lipinski definition) is 5. The molecule has 0 aromatic carbocycles. The van der Waals surface area contributed by atoms with Crippen LogP contribution in [0.2, 0.25) is 0 Å². The number of carbonyl (C=O) groups is 2. The number of amides is 1. The zero-order valence-electron chi connectivity index (χ0n) is 9.68. The predicted molar refractivity (Wildman–Crippen MR) is 61.5 cm³/mol. The highest BCUT2D eigenvalue weighted by Crippen LogP contribution is 1.98. The molecule has 8 nitrogen and oxygen atoms in total. The summed E-state index contributed by atoms with van der Waals surface area (Å²) in [6.45, 7) is 0.399. The summed E-state index contributed by atoms with van der Waals surface area (Å²) < 4.78 is 0. The quantitative estimate of drug-likeness (QED) is 0.197. The minimum Gasteiger partial charge on any atom is -0.480 e. The molecule has 0 fully saturated rings. The molecule has 0 aliphatic heterocycles. The number of hydroxylamine groups is 1. The second-order valence-electron chi connectivity index (χ2n) is 3.26. The molecule has 0 aliphatic rings. The van der Waals surface area contributed by atoms with Gasteiger partial charge in [0.1, 0.15) is 12.4 Å². The van der Waals surface area contributed by atoms with Crippen molar-refractivity contribution in [2.75, 3.05) is 13.6 Å². The normalized spacial score (nSPS) is 12.1. The van der Waals surface area contributed by atoms with Gasteiger partial charge in [0.15, 0.2) is 0 Å². The number of nitrogens with two attached hydrogens (primary N) is 1. The van der Waals surface area contributed by atoms with Gasteiger partial charge in [0.25, 0.3) is 0 Å². The van der Waals surface area contributed by atoms with Crippen molar-refractivity contribution in [1.29, 1.82) is 0 Å². The topological polar surface area (TPSA) is 126 Å². The lowest BCUT2D eigenvalue weighted by molar-refractivity contribution is -0.138. The van der Waals surface area contributed by atoms with E-state index in [0.29, 0.717) is 25.8 Å². The molecule has 5 N–H and O–H groups in total. The molecule has 0 radical (unpaired) electrons. The molecule has 1 unspecified atom stereocenters. The molecule has 0 aliphatic carbocycles. The minimum atomic E-state index is -1.01. The van der Waals surface area contributed by atoms with Gasteiger partial charge >= 0.3 is 12.1 Å². The maximum atomic E-state index is 10.9. The van der Waals surface area contributed by atoms with Gasteiger partial charge in [-0.05, 0) is 19.3 Å². The summed E-state index contributed by atoms with van der Waals surface area (Å²) >= 11 is 0. The van der Waals surface area contributed by atoms with E-state index in [0.717, 1.165) is 0 Å². The van der Waals surface area contributed by atoms with Crippen molar-refractivity contribution in [2.24, 2.45) is 10.7 Å². The predicted octanol–water partition coefficient (Wildman–Crippen LogP) is -0.542. The number of rotatable bonds is 8. The van der Waals surface area contributed by atoms with E-state index < -0.39 is 18.1 Å². The summed E-state index contributed by atoms with van der Waals surface area (Å²) in [5.74, 6) is -1.01. The number of aliphatic imine (C=N–C) groups is 1. The summed E-state index contributed by atoms with van der Waals surface area (Å²) in [7, 11) is 1.53. The minimum absolute atomic E-state index is 0.382. The van der Waals surface area contributed by atoms with E-state index in [1.165, 1.54) is 13.4 Å². The van der Waals surface area contributed by atoms with Crippen LogP contribution >= 0.6 is 0 Å². The number of carbonyl (C=O) groups excluding carboxylic acids is 1. The van der Waals surface area contributed by atoms with E-state index in [1.54, 1.807) is 0 Å². The van der Waals surface area contributed by atoms with Crippen molar-refractivity contribution in [1.82, 2.24) is 10.8 Å². The fourth-order valence-electron chi connectivity index (χ4n) is 0.972. The average Bonchev–Trinajstić information content (AvgIpc) is 2.28. The van der Waals surface area contributed by atoms with Crippen molar-refractivity contribution >= 4 is 18.4 Å². The van der Waals surface area contributed by atoms with Crippen LogP contribution in [-0.2, 0) is 9.63 Å². The van der Waals surface area contributed by atoms with Gasteiger partial charge in [-0.25, -0.2) is 10.3 Å². The lowest BCUT2D eigenvalue weighted by Crippen LogP contribution is -2.31. The summed E-state index contributed by atoms with van der Waals surface area (Å²) in [6.07, 6.45) is 2.25. The summed E-state index contributed by atoms with van der Waals surface area (Å²) in [6, 6.07) is -0.843. The maximum Gasteiger partial charge on any atom is 0.431 e. The molecular weight excluding hydrogens is 228 g/mol. The molecule has 0 saturated carbocycles. The van der Waals surface area contributed by atoms with Crippen molar-refractivity contribution in [3.63, 3.8) is 0 Å². The lowest BCUT2D eigenvalue weighted by atomic mass is 10.1. The van der Waals surface area contributed by atoms with E-state index in [2.05, 4.69) is 20.6 Å². The second-order valence-corrected chi connectivity index (χ2v) is 3.26. The van der Waals surface area contributed by atoms with Gasteiger partial charge in [-0.3, -0.25) is 9.79 Å². The molecular formula is C9H18N4O4. The molecule has 0 saturated heterocycles. The van der Waals surface area contributed by atoms with Crippen molar-refractivity contribution < 1.29 is 19.5 Å². The molecule has 0 aromatic heterocycles. The van der Waals surface area contributed by atoms with Crippen molar-refractivity contribution in [2.45, 2.75) is 25.3 Å². The number of nitrogens with zero attached hydrogens (tertiary/aromatic N) is 1. The van der Waals surface area contributed by atoms with Crippen LogP contribution in [0.5, 0.6) is 0 Å². The highest BCUT2D eigenvalue weighted by Gasteiger charge is 2.10. The largest absolute Gasteiger partial charge is 0.480 e. The Labute approximate surface area is 99.2 Å². The van der Waals surface area contributed by atoms with Gasteiger partial charge in [0.2, 0.25) is 0 Å². The zero-order chi connectivity index (χ0) is 13.1. The van der Waals surface area contributed by atoms with Crippen LogP contribution in [0, 0.1) is 0 Å². The lowest BCUT2D eigenvalue weighted by Gasteiger charge is -2.07. The Kier molecular flexibility index (Phi) is 8.39. The Morgan fingerprint density at radius 2 is 2.24 bits per heavy atom. The van der Waals surface area contributed by atoms with E-state index in [4.69, 9.17) is 10.8 Å². The van der Waals surface area contributed by atoms with Crippen LogP contribution in [0.1, 0.15) is 19.3 Å². The monoisotopic (exact) mass is 246 g/mol. The molecule has 8 heteroatoms. The first-order valence-corrected chi connectivity index (χ1v) is 5.17. The van der Waals surface area contributed by atoms with Gasteiger partial charge in [-0.1, -0.05) is 0 Å². The molecule has 0 aromatic rings. The third kappa shape index (κ3) is 9.12. The van der Waals surface area contributed by atoms with Gasteiger partial charge in [-0.2, -0.15) is 0 Å². The number of carboxylic acid groups (broad SMARTS) is 1. The molecule has 0 rings (SSSR count). The first-order valence-electron chi connectivity index (χ1n) is 5.17. The Hall–Kier alpha value is -1.83. The van der Waals surface area contributed by atoms with Crippen LogP contribution in [0.15, 0.2) is 4.99 Å². The van der Waals surface area contributed by atoms with E-state index in [1.807, 2.05) is 0 Å². The molecule has 98 valence electrons. The smallest absolute Gasteiger partial charge is 0.431 e. The number of aliphatic carboxylic acids is 1. The van der Waals surface area contributed by atoms with Crippen molar-refractivity contribution in [3.8, 4) is 0 Å². The fraction of sp³-hybridized carbons (Fsp3) is 0.667. The standard InChI is InChI=1S/C9H18N4O4/c1-11-6-13-17-9(16)12-5-3-2-4-7(10)8(14)15/h6-7H,2-5,10H2,1H3,(H,11,13)(H,12,16)(H,14,15). The summed E-state index contributed by atoms with van der Waals surface area (Å²) in [5.41, 5.74) is 7.51. The van der Waals surface area contributed by atoms with Gasteiger partial charge in [0, 0.05) is 13.6 Å². The van der Waals surface area contributed by atoms with E-state index in [-0.39, 0.29) is 0 Å². The van der Waals surface area contributed by atoms with Crippen LogP contribution in [-0.4, -0.2) is 43.1 Å². The van der Waals surface area contributed by atoms with Crippen LogP contribution in [0.3, 0.4) is 0 Å². The fourth-order valence-corrected chi connectivity index (χ4v) is 0.972. The van der Waals surface area contributed by atoms with Gasteiger partial charge in [-0.15, -0.1) is 0 Å². The Morgan fingerprint density at radius 3 is 2.82 bits per heavy atom. The third-order valence-corrected chi connectivity index (χ3v) is 1.86. The molecule has 0 heterocycles. The number of hydrogen-bond donors (Lipinski definition) is 4. The number of unbranched alkanes of at least 4 members (excludes halogenated alkanes) is 1. The zero-order valence-corrected chi connectivity index (χ0v) is 9.68. The van der Waals surface area contributed by atoms with Crippen LogP contribution in [0.25, 0.3) is 0 Å². The molecule has 17 heavy (non-hydrogen) atoms. The highest BCUT2D eigenvalue weighted by atomic mass is 16.7. The average molecular weight is 246 g/mol. The van der Waals surface area contributed by atoms with Crippen LogP contribution in [0.4, 0.5) is 4.79 Å². The third-order valence-electron chi connectivity index (χ3n) is 1.86. The Morgan fingerprint density at radius 1 is 1.53 bits per heavy atom. The molecule has 0 spiro atoms. The van der Waals surface area contributed by atoms with E-state index in [9.17, 15) is 9.59 Å². The van der Waals surface area contributed by atoms with Crippen LogP contribution < -0.4 is 16.5 Å². The first-order chi connectivity index (χ1) is 8.07. The van der Waals surface area contributed by atoms with Gasteiger partial charge in [0.05, 0.1) is 0 Å². The molecule has 1 amide bonds. The molecule has 0 bridgehead atoms. The highest BCUT2D eigenvalue weighted by molar-refractivity contribution is 5.72. The second kappa shape index (κ2) is 9.40. The Balaban J connectivity index is 3.39. The van der Waals surface area contributed by atoms with Gasteiger partial charge < -0.3 is 21.0 Å². The summed E-state index contributed by atoms with van der Waals surface area (Å²) in [4.78, 5) is 29.4. The Bertz CT molecular complexity index is 270. The SMILES string of the molecule is CN=CNOC(=O)NCCCCC(N)C(=O)O. The van der Waals surface area contributed by atoms with E-state index >= 15 is 0 Å². The number of carboxylic acids is 1. The van der Waals surface area contributed by atoms with Crippen molar-refractivity contribution in [3.05, 3.63) is 0 Å².